The van der Waals surface area contributed by atoms with Crippen LogP contribution >= 0.6 is 15.9 Å². The first kappa shape index (κ1) is 12.5. The van der Waals surface area contributed by atoms with Crippen molar-refractivity contribution in [3.63, 3.8) is 0 Å². The highest BCUT2D eigenvalue weighted by molar-refractivity contribution is 9.10. The Morgan fingerprint density at radius 3 is 2.95 bits per heavy atom. The van der Waals surface area contributed by atoms with Crippen molar-refractivity contribution in [3.05, 3.63) is 28.6 Å². The fourth-order valence-corrected chi connectivity index (χ4v) is 3.00. The first-order valence-electron chi connectivity index (χ1n) is 7.02. The Bertz CT molecular complexity index is 605. The lowest BCUT2D eigenvalue weighted by Gasteiger charge is -2.13. The van der Waals surface area contributed by atoms with Crippen molar-refractivity contribution in [1.29, 1.82) is 0 Å². The molecule has 0 amide bonds. The van der Waals surface area contributed by atoms with E-state index < -0.39 is 0 Å². The molecular formula is C13H16BrN5O. The van der Waals surface area contributed by atoms with Gasteiger partial charge in [-0.1, -0.05) is 0 Å². The number of nitrogens with zero attached hydrogens (tertiary/aromatic N) is 5. The standard InChI is InChI=1S/C13H16BrN5O/c14-10-5-15-19(6-10)11-3-4-18(7-11)8-12-16-17-13(20-12)9-1-2-9/h5-6,9,11H,1-4,7-8H2. The number of aromatic nitrogens is 4. The molecule has 1 saturated carbocycles. The fourth-order valence-electron chi connectivity index (χ4n) is 2.70. The topological polar surface area (TPSA) is 60.0 Å². The quantitative estimate of drug-likeness (QED) is 0.856. The Kier molecular flexibility index (Phi) is 3.11. The SMILES string of the molecule is Brc1cnn(C2CCN(Cc3nnc(C4CC4)o3)C2)c1. The first-order valence-corrected chi connectivity index (χ1v) is 7.81. The van der Waals surface area contributed by atoms with Crippen LogP contribution in [0.25, 0.3) is 0 Å². The summed E-state index contributed by atoms with van der Waals surface area (Å²) in [5, 5.41) is 12.7. The van der Waals surface area contributed by atoms with E-state index in [1.165, 1.54) is 12.8 Å². The van der Waals surface area contributed by atoms with Crippen molar-refractivity contribution in [2.75, 3.05) is 13.1 Å². The van der Waals surface area contributed by atoms with E-state index in [9.17, 15) is 0 Å². The summed E-state index contributed by atoms with van der Waals surface area (Å²) in [6, 6.07) is 0.437. The fraction of sp³-hybridized carbons (Fsp3) is 0.615. The molecule has 106 valence electrons. The van der Waals surface area contributed by atoms with Gasteiger partial charge in [-0.05, 0) is 35.2 Å². The van der Waals surface area contributed by atoms with Crippen LogP contribution < -0.4 is 0 Å². The Balaban J connectivity index is 1.38. The molecule has 1 aliphatic carbocycles. The van der Waals surface area contributed by atoms with Gasteiger partial charge in [-0.15, -0.1) is 10.2 Å². The molecule has 3 heterocycles. The van der Waals surface area contributed by atoms with Gasteiger partial charge in [0.15, 0.2) is 0 Å². The third kappa shape index (κ3) is 2.52. The van der Waals surface area contributed by atoms with E-state index in [0.29, 0.717) is 12.0 Å². The minimum absolute atomic E-state index is 0.437. The Hall–Kier alpha value is -1.21. The van der Waals surface area contributed by atoms with Gasteiger partial charge in [-0.2, -0.15) is 5.10 Å². The van der Waals surface area contributed by atoms with Crippen molar-refractivity contribution in [2.24, 2.45) is 0 Å². The second-order valence-electron chi connectivity index (χ2n) is 5.62. The molecule has 7 heteroatoms. The maximum absolute atomic E-state index is 5.72. The molecule has 1 saturated heterocycles. The molecule has 2 aromatic heterocycles. The zero-order valence-electron chi connectivity index (χ0n) is 11.1. The van der Waals surface area contributed by atoms with Crippen LogP contribution in [0.5, 0.6) is 0 Å². The number of likely N-dealkylation sites (tertiary alicyclic amines) is 1. The summed E-state index contributed by atoms with van der Waals surface area (Å²) in [6.45, 7) is 2.78. The molecule has 0 aromatic carbocycles. The second-order valence-corrected chi connectivity index (χ2v) is 6.54. The molecule has 1 atom stereocenters. The van der Waals surface area contributed by atoms with Gasteiger partial charge in [0.05, 0.1) is 23.3 Å². The van der Waals surface area contributed by atoms with Gasteiger partial charge in [-0.3, -0.25) is 9.58 Å². The minimum atomic E-state index is 0.437. The average Bonchev–Trinajstić information content (AvgIpc) is 2.86. The van der Waals surface area contributed by atoms with Crippen molar-refractivity contribution in [2.45, 2.75) is 37.8 Å². The van der Waals surface area contributed by atoms with E-state index in [2.05, 4.69) is 36.1 Å². The predicted molar refractivity (Wildman–Crippen MR) is 75.1 cm³/mol. The highest BCUT2D eigenvalue weighted by Gasteiger charge is 2.30. The first-order chi connectivity index (χ1) is 9.78. The summed E-state index contributed by atoms with van der Waals surface area (Å²) in [4.78, 5) is 2.35. The summed E-state index contributed by atoms with van der Waals surface area (Å²) in [5.74, 6) is 2.10. The van der Waals surface area contributed by atoms with Crippen molar-refractivity contribution in [1.82, 2.24) is 24.9 Å². The van der Waals surface area contributed by atoms with Crippen molar-refractivity contribution < 1.29 is 4.42 Å². The van der Waals surface area contributed by atoms with Gasteiger partial charge in [0, 0.05) is 25.2 Å². The van der Waals surface area contributed by atoms with Crippen LogP contribution in [0.2, 0.25) is 0 Å². The molecule has 0 N–H and O–H groups in total. The molecule has 1 aliphatic heterocycles. The Morgan fingerprint density at radius 1 is 1.30 bits per heavy atom. The molecule has 0 spiro atoms. The molecule has 4 rings (SSSR count). The lowest BCUT2D eigenvalue weighted by atomic mass is 10.3. The van der Waals surface area contributed by atoms with E-state index in [-0.39, 0.29) is 0 Å². The zero-order chi connectivity index (χ0) is 13.5. The predicted octanol–water partition coefficient (Wildman–Crippen LogP) is 2.35. The largest absolute Gasteiger partial charge is 0.424 e. The van der Waals surface area contributed by atoms with Crippen LogP contribution in [-0.4, -0.2) is 38.0 Å². The van der Waals surface area contributed by atoms with Crippen LogP contribution in [0.4, 0.5) is 0 Å². The molecule has 0 bridgehead atoms. The minimum Gasteiger partial charge on any atom is -0.424 e. The highest BCUT2D eigenvalue weighted by Crippen LogP contribution is 2.39. The third-order valence-electron chi connectivity index (χ3n) is 3.96. The molecule has 0 radical (unpaired) electrons. The molecule has 2 aliphatic rings. The molecule has 1 unspecified atom stereocenters. The third-order valence-corrected chi connectivity index (χ3v) is 4.37. The highest BCUT2D eigenvalue weighted by atomic mass is 79.9. The van der Waals surface area contributed by atoms with Crippen molar-refractivity contribution in [3.8, 4) is 0 Å². The summed E-state index contributed by atoms with van der Waals surface area (Å²) in [7, 11) is 0. The molecule has 2 aromatic rings. The molecule has 6 nitrogen and oxygen atoms in total. The van der Waals surface area contributed by atoms with Gasteiger partial charge in [-0.25, -0.2) is 0 Å². The van der Waals surface area contributed by atoms with Gasteiger partial charge >= 0.3 is 0 Å². The van der Waals surface area contributed by atoms with E-state index in [1.807, 2.05) is 17.1 Å². The van der Waals surface area contributed by atoms with Crippen LogP contribution in [0.3, 0.4) is 0 Å². The average molecular weight is 338 g/mol. The number of hydrogen-bond acceptors (Lipinski definition) is 5. The Morgan fingerprint density at radius 2 is 2.20 bits per heavy atom. The molecule has 20 heavy (non-hydrogen) atoms. The van der Waals surface area contributed by atoms with E-state index in [4.69, 9.17) is 4.42 Å². The van der Waals surface area contributed by atoms with Crippen LogP contribution in [-0.2, 0) is 6.54 Å². The zero-order valence-corrected chi connectivity index (χ0v) is 12.7. The van der Waals surface area contributed by atoms with Crippen molar-refractivity contribution >= 4 is 15.9 Å². The Labute approximate surface area is 125 Å². The second kappa shape index (κ2) is 4.96. The summed E-state index contributed by atoms with van der Waals surface area (Å²) >= 11 is 3.44. The van der Waals surface area contributed by atoms with Gasteiger partial charge in [0.2, 0.25) is 11.8 Å². The number of halogens is 1. The number of hydrogen-bond donors (Lipinski definition) is 0. The van der Waals surface area contributed by atoms with E-state index >= 15 is 0 Å². The molecular weight excluding hydrogens is 322 g/mol. The van der Waals surface area contributed by atoms with E-state index in [0.717, 1.165) is 42.3 Å². The van der Waals surface area contributed by atoms with Crippen LogP contribution in [0, 0.1) is 0 Å². The monoisotopic (exact) mass is 337 g/mol. The van der Waals surface area contributed by atoms with Gasteiger partial charge in [0.1, 0.15) is 0 Å². The lowest BCUT2D eigenvalue weighted by molar-refractivity contribution is 0.274. The normalized spacial score (nSPS) is 23.6. The van der Waals surface area contributed by atoms with Crippen LogP contribution in [0.15, 0.2) is 21.3 Å². The summed E-state index contributed by atoms with van der Waals surface area (Å²) < 4.78 is 8.79. The van der Waals surface area contributed by atoms with Crippen LogP contribution in [0.1, 0.15) is 43.0 Å². The smallest absolute Gasteiger partial charge is 0.230 e. The maximum atomic E-state index is 5.72. The van der Waals surface area contributed by atoms with E-state index in [1.54, 1.807) is 0 Å². The summed E-state index contributed by atoms with van der Waals surface area (Å²) in [5.41, 5.74) is 0. The maximum Gasteiger partial charge on any atom is 0.230 e. The number of rotatable bonds is 4. The lowest BCUT2D eigenvalue weighted by Crippen LogP contribution is -2.21. The molecule has 2 fully saturated rings. The van der Waals surface area contributed by atoms with Gasteiger partial charge < -0.3 is 4.42 Å². The summed E-state index contributed by atoms with van der Waals surface area (Å²) in [6.07, 6.45) is 7.37. The van der Waals surface area contributed by atoms with Gasteiger partial charge in [0.25, 0.3) is 0 Å².